The van der Waals surface area contributed by atoms with Gasteiger partial charge in [-0.25, -0.2) is 5.21 Å². The second-order valence-corrected chi connectivity index (χ2v) is 4.52. The van der Waals surface area contributed by atoms with E-state index in [-0.39, 0.29) is 22.9 Å². The van der Waals surface area contributed by atoms with Crippen LogP contribution in [0, 0.1) is 4.91 Å². The summed E-state index contributed by atoms with van der Waals surface area (Å²) in [5.41, 5.74) is 0.136. The van der Waals surface area contributed by atoms with E-state index in [1.807, 2.05) is 0 Å². The summed E-state index contributed by atoms with van der Waals surface area (Å²) in [4.78, 5) is 22.4. The van der Waals surface area contributed by atoms with Crippen LogP contribution in [-0.2, 0) is 4.79 Å². The molecule has 2 rings (SSSR count). The molecule has 0 fully saturated rings. The highest BCUT2D eigenvalue weighted by Crippen LogP contribution is 2.22. The topological polar surface area (TPSA) is 78.6 Å². The fourth-order valence-electron chi connectivity index (χ4n) is 1.61. The van der Waals surface area contributed by atoms with Crippen molar-refractivity contribution in [2.75, 3.05) is 11.9 Å². The summed E-state index contributed by atoms with van der Waals surface area (Å²) in [5, 5.41) is 12.0. The normalized spacial score (nSPS) is 9.95. The molecule has 0 saturated carbocycles. The van der Waals surface area contributed by atoms with Gasteiger partial charge in [0.1, 0.15) is 11.4 Å². The first-order chi connectivity index (χ1) is 10.1. The van der Waals surface area contributed by atoms with Crippen LogP contribution in [0.3, 0.4) is 0 Å². The van der Waals surface area contributed by atoms with Gasteiger partial charge in [-0.2, -0.15) is 0 Å². The highest BCUT2D eigenvalue weighted by molar-refractivity contribution is 6.30. The summed E-state index contributed by atoms with van der Waals surface area (Å²) in [5.74, 6) is 0.0368. The predicted octanol–water partition coefficient (Wildman–Crippen LogP) is 3.16. The lowest BCUT2D eigenvalue weighted by Crippen LogP contribution is -2.20. The third kappa shape index (κ3) is 4.19. The number of para-hydroxylation sites is 2. The van der Waals surface area contributed by atoms with Crippen molar-refractivity contribution in [3.05, 3.63) is 58.5 Å². The van der Waals surface area contributed by atoms with Gasteiger partial charge in [-0.3, -0.25) is 4.79 Å². The number of anilines is 1. The molecule has 0 radical (unpaired) electrons. The van der Waals surface area contributed by atoms with Crippen molar-refractivity contribution < 1.29 is 19.7 Å². The minimum atomic E-state index is -0.459. The molecule has 0 spiro atoms. The number of rotatable bonds is 5. The van der Waals surface area contributed by atoms with Crippen LogP contribution in [0.1, 0.15) is 0 Å². The Balaban J connectivity index is 1.96. The van der Waals surface area contributed by atoms with E-state index in [1.54, 1.807) is 36.4 Å². The molecule has 2 aromatic rings. The molecule has 7 heteroatoms. The highest BCUT2D eigenvalue weighted by atomic mass is 35.5. The maximum Gasteiger partial charge on any atom is 0.339 e. The molecule has 2 aromatic carbocycles. The standard InChI is InChI=1S/C14H11ClN2O4/c15-10-5-7-11(8-6-10)21-9-14(18)16-12-3-1-2-4-13(12)17(19)20/h1-8H,9H2,(H-,16,18,19,20)/p+1. The summed E-state index contributed by atoms with van der Waals surface area (Å²) in [7, 11) is 0. The van der Waals surface area contributed by atoms with E-state index >= 15 is 0 Å². The van der Waals surface area contributed by atoms with Gasteiger partial charge < -0.3 is 10.1 Å². The number of carbonyl (C=O) groups is 1. The molecule has 108 valence electrons. The molecule has 0 aromatic heterocycles. The Morgan fingerprint density at radius 3 is 2.52 bits per heavy atom. The highest BCUT2D eigenvalue weighted by Gasteiger charge is 2.19. The van der Waals surface area contributed by atoms with Gasteiger partial charge in [0.05, 0.1) is 4.91 Å². The molecule has 0 saturated heterocycles. The number of hydrogen-bond donors (Lipinski definition) is 2. The molecule has 0 aliphatic rings. The fourth-order valence-corrected chi connectivity index (χ4v) is 1.74. The van der Waals surface area contributed by atoms with Gasteiger partial charge >= 0.3 is 5.69 Å². The molecule has 0 atom stereocenters. The number of amides is 1. The maximum atomic E-state index is 11.8. The van der Waals surface area contributed by atoms with Gasteiger partial charge in [-0.05, 0) is 30.3 Å². The summed E-state index contributed by atoms with van der Waals surface area (Å²) in [6.07, 6.45) is 0. The molecule has 1 amide bonds. The predicted molar refractivity (Wildman–Crippen MR) is 77.1 cm³/mol. The first-order valence-electron chi connectivity index (χ1n) is 5.99. The minimum Gasteiger partial charge on any atom is -0.484 e. The van der Waals surface area contributed by atoms with E-state index in [9.17, 15) is 9.70 Å². The van der Waals surface area contributed by atoms with Crippen molar-refractivity contribution in [2.45, 2.75) is 0 Å². The number of ether oxygens (including phenoxy) is 1. The van der Waals surface area contributed by atoms with Crippen molar-refractivity contribution in [1.29, 1.82) is 0 Å². The number of nitrogens with zero attached hydrogens (tertiary/aromatic N) is 1. The number of benzene rings is 2. The van der Waals surface area contributed by atoms with Gasteiger partial charge in [0.25, 0.3) is 10.8 Å². The molecule has 2 N–H and O–H groups in total. The zero-order chi connectivity index (χ0) is 15.2. The molecule has 0 unspecified atom stereocenters. The van der Waals surface area contributed by atoms with Gasteiger partial charge in [-0.1, -0.05) is 23.7 Å². The van der Waals surface area contributed by atoms with Gasteiger partial charge in [0, 0.05) is 11.1 Å². The summed E-state index contributed by atoms with van der Waals surface area (Å²) < 4.78 is 5.27. The maximum absolute atomic E-state index is 11.8. The van der Waals surface area contributed by atoms with Crippen LogP contribution in [0.25, 0.3) is 0 Å². The third-order valence-electron chi connectivity index (χ3n) is 2.57. The van der Waals surface area contributed by atoms with E-state index in [2.05, 4.69) is 5.32 Å². The van der Waals surface area contributed by atoms with Crippen molar-refractivity contribution in [1.82, 2.24) is 0 Å². The Hall–Kier alpha value is -2.60. The summed E-state index contributed by atoms with van der Waals surface area (Å²) in [6, 6.07) is 12.6. The monoisotopic (exact) mass is 307 g/mol. The Kier molecular flexibility index (Phi) is 4.73. The van der Waals surface area contributed by atoms with Crippen molar-refractivity contribution in [3.8, 4) is 5.75 Å². The Bertz CT molecular complexity index is 658. The van der Waals surface area contributed by atoms with Gasteiger partial charge in [0.15, 0.2) is 6.61 Å². The van der Waals surface area contributed by atoms with E-state index in [1.165, 1.54) is 12.1 Å². The quantitative estimate of drug-likeness (QED) is 0.832. The lowest BCUT2D eigenvalue weighted by molar-refractivity contribution is -0.729. The lowest BCUT2D eigenvalue weighted by atomic mass is 10.2. The Morgan fingerprint density at radius 1 is 1.19 bits per heavy atom. The van der Waals surface area contributed by atoms with Crippen LogP contribution in [-0.4, -0.2) is 22.6 Å². The SMILES string of the molecule is O=C(COc1ccc(Cl)cc1)Nc1ccccc1[N+](=O)O. The summed E-state index contributed by atoms with van der Waals surface area (Å²) in [6.45, 7) is -0.236. The van der Waals surface area contributed by atoms with E-state index < -0.39 is 5.91 Å². The Labute approximate surface area is 125 Å². The molecule has 0 heterocycles. The van der Waals surface area contributed by atoms with Crippen molar-refractivity contribution >= 4 is 28.9 Å². The number of hydrogen-bond acceptors (Lipinski definition) is 3. The molecule has 0 aliphatic heterocycles. The first kappa shape index (κ1) is 14.8. The van der Waals surface area contributed by atoms with Crippen LogP contribution in [0.4, 0.5) is 11.4 Å². The zero-order valence-electron chi connectivity index (χ0n) is 10.8. The lowest BCUT2D eigenvalue weighted by Gasteiger charge is -2.07. The number of nitrogens with one attached hydrogen (secondary N) is 1. The summed E-state index contributed by atoms with van der Waals surface area (Å²) >= 11 is 5.74. The van der Waals surface area contributed by atoms with E-state index in [0.717, 1.165) is 0 Å². The smallest absolute Gasteiger partial charge is 0.339 e. The van der Waals surface area contributed by atoms with Crippen LogP contribution in [0.15, 0.2) is 48.5 Å². The van der Waals surface area contributed by atoms with Crippen LogP contribution in [0.5, 0.6) is 5.75 Å². The van der Waals surface area contributed by atoms with Gasteiger partial charge in [-0.15, -0.1) is 0 Å². The molecular formula is C14H12ClN2O4+. The Morgan fingerprint density at radius 2 is 1.86 bits per heavy atom. The van der Waals surface area contributed by atoms with Crippen LogP contribution < -0.4 is 10.1 Å². The van der Waals surface area contributed by atoms with Crippen molar-refractivity contribution in [3.63, 3.8) is 0 Å². The fraction of sp³-hybridized carbons (Fsp3) is 0.0714. The van der Waals surface area contributed by atoms with Crippen LogP contribution in [0.2, 0.25) is 5.02 Å². The molecule has 0 bridgehead atoms. The second-order valence-electron chi connectivity index (χ2n) is 4.08. The average Bonchev–Trinajstić information content (AvgIpc) is 2.47. The molecular weight excluding hydrogens is 296 g/mol. The zero-order valence-corrected chi connectivity index (χ0v) is 11.6. The number of halogens is 1. The number of carbonyl (C=O) groups excluding carboxylic acids is 1. The van der Waals surface area contributed by atoms with E-state index in [4.69, 9.17) is 21.5 Å². The minimum absolute atomic E-state index is 0.0580. The second kappa shape index (κ2) is 6.71. The third-order valence-corrected chi connectivity index (χ3v) is 2.82. The largest absolute Gasteiger partial charge is 0.484 e. The molecule has 21 heavy (non-hydrogen) atoms. The van der Waals surface area contributed by atoms with Gasteiger partial charge in [0.2, 0.25) is 0 Å². The first-order valence-corrected chi connectivity index (χ1v) is 6.37. The van der Waals surface area contributed by atoms with E-state index in [0.29, 0.717) is 10.8 Å². The molecule has 0 aliphatic carbocycles. The van der Waals surface area contributed by atoms with Crippen molar-refractivity contribution in [2.24, 2.45) is 0 Å². The average molecular weight is 308 g/mol. The molecule has 6 nitrogen and oxygen atoms in total. The van der Waals surface area contributed by atoms with Crippen LogP contribution >= 0.6 is 11.6 Å².